The molecule has 20 heavy (non-hydrogen) atoms. The Kier molecular flexibility index (Phi) is 4.69. The fourth-order valence-electron chi connectivity index (χ4n) is 2.17. The van der Waals surface area contributed by atoms with E-state index in [9.17, 15) is 4.79 Å². The zero-order valence-electron chi connectivity index (χ0n) is 11.5. The second-order valence-electron chi connectivity index (χ2n) is 4.55. The summed E-state index contributed by atoms with van der Waals surface area (Å²) < 4.78 is 0. The highest BCUT2D eigenvalue weighted by molar-refractivity contribution is 6.29. The van der Waals surface area contributed by atoms with Gasteiger partial charge in [-0.2, -0.15) is 0 Å². The van der Waals surface area contributed by atoms with Gasteiger partial charge in [0.2, 0.25) is 5.91 Å². The van der Waals surface area contributed by atoms with Crippen LogP contribution in [0.15, 0.2) is 36.8 Å². The Bertz CT molecular complexity index is 581. The average molecular weight is 290 g/mol. The van der Waals surface area contributed by atoms with E-state index in [-0.39, 0.29) is 11.8 Å². The Balaban J connectivity index is 2.41. The predicted molar refractivity (Wildman–Crippen MR) is 79.9 cm³/mol. The van der Waals surface area contributed by atoms with Crippen molar-refractivity contribution in [3.63, 3.8) is 0 Å². The molecular formula is C15H16ClN3O. The molecule has 0 aliphatic heterocycles. The molecule has 0 aliphatic rings. The third-order valence-electron chi connectivity index (χ3n) is 3.09. The van der Waals surface area contributed by atoms with Crippen LogP contribution in [0.3, 0.4) is 0 Å². The molecular weight excluding hydrogens is 274 g/mol. The van der Waals surface area contributed by atoms with E-state index >= 15 is 0 Å². The number of rotatable bonds is 4. The molecule has 0 fully saturated rings. The predicted octanol–water partition coefficient (Wildman–Crippen LogP) is 2.87. The van der Waals surface area contributed by atoms with Crippen molar-refractivity contribution in [2.45, 2.75) is 20.4 Å². The first-order valence-corrected chi connectivity index (χ1v) is 6.84. The van der Waals surface area contributed by atoms with Crippen molar-refractivity contribution in [3.8, 4) is 0 Å². The molecule has 0 atom stereocenters. The van der Waals surface area contributed by atoms with Crippen LogP contribution in [0.4, 0.5) is 5.69 Å². The maximum atomic E-state index is 12.2. The van der Waals surface area contributed by atoms with Gasteiger partial charge < -0.3 is 4.90 Å². The molecule has 0 saturated carbocycles. The molecule has 0 N–H and O–H groups in total. The molecule has 5 heteroatoms. The number of hydrogen-bond donors (Lipinski definition) is 0. The lowest BCUT2D eigenvalue weighted by atomic mass is 10.1. The van der Waals surface area contributed by atoms with Gasteiger partial charge in [-0.25, -0.2) is 9.97 Å². The number of hydrogen-bond acceptors (Lipinski definition) is 3. The van der Waals surface area contributed by atoms with Gasteiger partial charge in [-0.1, -0.05) is 18.2 Å². The number of para-hydroxylation sites is 1. The monoisotopic (exact) mass is 289 g/mol. The number of nitrogens with zero attached hydrogens (tertiary/aromatic N) is 3. The zero-order valence-corrected chi connectivity index (χ0v) is 12.3. The summed E-state index contributed by atoms with van der Waals surface area (Å²) >= 11 is 5.74. The molecule has 2 rings (SSSR count). The third kappa shape index (κ3) is 3.14. The number of aryl methyl sites for hydroxylation is 2. The lowest BCUT2D eigenvalue weighted by Crippen LogP contribution is -2.33. The van der Waals surface area contributed by atoms with Crippen molar-refractivity contribution >= 4 is 23.2 Å². The number of benzene rings is 1. The number of anilines is 1. The average Bonchev–Trinajstić information content (AvgIpc) is 2.46. The van der Waals surface area contributed by atoms with Gasteiger partial charge in [0.05, 0.1) is 12.2 Å². The fourth-order valence-corrected chi connectivity index (χ4v) is 2.31. The van der Waals surface area contributed by atoms with Gasteiger partial charge in [0.1, 0.15) is 12.2 Å². The molecule has 2 aromatic rings. The Morgan fingerprint density at radius 1 is 1.25 bits per heavy atom. The van der Waals surface area contributed by atoms with Gasteiger partial charge in [-0.05, 0) is 31.0 Å². The SMILES string of the molecule is Cc1cccc(C)c1N(Cc1ccncn1)C(=O)CCl. The minimum Gasteiger partial charge on any atom is -0.305 e. The number of carbonyl (C=O) groups is 1. The van der Waals surface area contributed by atoms with Crippen molar-refractivity contribution in [2.75, 3.05) is 10.8 Å². The minimum atomic E-state index is -0.136. The first kappa shape index (κ1) is 14.5. The van der Waals surface area contributed by atoms with Crippen LogP contribution in [0.2, 0.25) is 0 Å². The molecule has 1 heterocycles. The highest BCUT2D eigenvalue weighted by Gasteiger charge is 2.19. The van der Waals surface area contributed by atoms with Crippen LogP contribution in [0, 0.1) is 13.8 Å². The molecule has 1 aromatic heterocycles. The summed E-state index contributed by atoms with van der Waals surface area (Å²) in [4.78, 5) is 21.9. The molecule has 104 valence electrons. The van der Waals surface area contributed by atoms with Crippen molar-refractivity contribution < 1.29 is 4.79 Å². The zero-order chi connectivity index (χ0) is 14.5. The summed E-state index contributed by atoms with van der Waals surface area (Å²) in [7, 11) is 0. The van der Waals surface area contributed by atoms with Crippen molar-refractivity contribution in [2.24, 2.45) is 0 Å². The Morgan fingerprint density at radius 2 is 1.95 bits per heavy atom. The molecule has 4 nitrogen and oxygen atoms in total. The molecule has 0 bridgehead atoms. The van der Waals surface area contributed by atoms with E-state index < -0.39 is 0 Å². The molecule has 0 saturated heterocycles. The van der Waals surface area contributed by atoms with Gasteiger partial charge in [0, 0.05) is 11.9 Å². The molecule has 0 unspecified atom stereocenters. The van der Waals surface area contributed by atoms with Gasteiger partial charge >= 0.3 is 0 Å². The minimum absolute atomic E-state index is 0.0567. The standard InChI is InChI=1S/C15H16ClN3O/c1-11-4-3-5-12(2)15(11)19(14(20)8-16)9-13-6-7-17-10-18-13/h3-7,10H,8-9H2,1-2H3. The van der Waals surface area contributed by atoms with Crippen LogP contribution in [-0.2, 0) is 11.3 Å². The number of alkyl halides is 1. The fraction of sp³-hybridized carbons (Fsp3) is 0.267. The summed E-state index contributed by atoms with van der Waals surface area (Å²) in [5.41, 5.74) is 3.76. The maximum Gasteiger partial charge on any atom is 0.242 e. The van der Waals surface area contributed by atoms with Crippen molar-refractivity contribution in [1.29, 1.82) is 0 Å². The summed E-state index contributed by atoms with van der Waals surface area (Å²) in [5.74, 6) is -0.193. The first-order valence-electron chi connectivity index (χ1n) is 6.31. The van der Waals surface area contributed by atoms with Crippen LogP contribution in [0.5, 0.6) is 0 Å². The van der Waals surface area contributed by atoms with Crippen LogP contribution in [-0.4, -0.2) is 21.8 Å². The van der Waals surface area contributed by atoms with Crippen molar-refractivity contribution in [1.82, 2.24) is 9.97 Å². The summed E-state index contributed by atoms with van der Waals surface area (Å²) in [6, 6.07) is 7.73. The quantitative estimate of drug-likeness (QED) is 0.813. The highest BCUT2D eigenvalue weighted by Crippen LogP contribution is 2.26. The van der Waals surface area contributed by atoms with Crippen LogP contribution < -0.4 is 4.90 Å². The van der Waals surface area contributed by atoms with Crippen LogP contribution in [0.1, 0.15) is 16.8 Å². The number of amides is 1. The second-order valence-corrected chi connectivity index (χ2v) is 4.82. The number of aromatic nitrogens is 2. The third-order valence-corrected chi connectivity index (χ3v) is 3.32. The topological polar surface area (TPSA) is 46.1 Å². The van der Waals surface area contributed by atoms with E-state index in [1.807, 2.05) is 32.0 Å². The second kappa shape index (κ2) is 6.48. The first-order chi connectivity index (χ1) is 9.63. The Morgan fingerprint density at radius 3 is 2.50 bits per heavy atom. The lowest BCUT2D eigenvalue weighted by molar-refractivity contribution is -0.116. The number of carbonyl (C=O) groups excluding carboxylic acids is 1. The summed E-state index contributed by atoms with van der Waals surface area (Å²) in [6.07, 6.45) is 3.14. The lowest BCUT2D eigenvalue weighted by Gasteiger charge is -2.25. The molecule has 0 aliphatic carbocycles. The molecule has 1 aromatic carbocycles. The highest BCUT2D eigenvalue weighted by atomic mass is 35.5. The van der Waals surface area contributed by atoms with E-state index in [1.165, 1.54) is 6.33 Å². The largest absolute Gasteiger partial charge is 0.305 e. The molecule has 1 amide bonds. The smallest absolute Gasteiger partial charge is 0.242 e. The molecule has 0 spiro atoms. The van der Waals surface area contributed by atoms with Gasteiger partial charge in [0.15, 0.2) is 0 Å². The molecule has 0 radical (unpaired) electrons. The number of halogens is 1. The van der Waals surface area contributed by atoms with E-state index in [0.717, 1.165) is 22.5 Å². The van der Waals surface area contributed by atoms with Gasteiger partial charge in [-0.15, -0.1) is 11.6 Å². The summed E-state index contributed by atoms with van der Waals surface area (Å²) in [6.45, 7) is 4.35. The van der Waals surface area contributed by atoms with E-state index in [2.05, 4.69) is 9.97 Å². The van der Waals surface area contributed by atoms with E-state index in [0.29, 0.717) is 6.54 Å². The van der Waals surface area contributed by atoms with Crippen molar-refractivity contribution in [3.05, 3.63) is 53.6 Å². The van der Waals surface area contributed by atoms with Crippen LogP contribution >= 0.6 is 11.6 Å². The van der Waals surface area contributed by atoms with Crippen LogP contribution in [0.25, 0.3) is 0 Å². The summed E-state index contributed by atoms with van der Waals surface area (Å²) in [5, 5.41) is 0. The maximum absolute atomic E-state index is 12.2. The Labute approximate surface area is 123 Å². The normalized spacial score (nSPS) is 10.3. The van der Waals surface area contributed by atoms with Gasteiger partial charge in [-0.3, -0.25) is 4.79 Å². The van der Waals surface area contributed by atoms with Gasteiger partial charge in [0.25, 0.3) is 0 Å². The van der Waals surface area contributed by atoms with E-state index in [1.54, 1.807) is 17.2 Å². The Hall–Kier alpha value is -1.94. The van der Waals surface area contributed by atoms with E-state index in [4.69, 9.17) is 11.6 Å².